The molecule has 0 radical (unpaired) electrons. The van der Waals surface area contributed by atoms with Crippen molar-refractivity contribution in [2.45, 2.75) is 33.4 Å². The van der Waals surface area contributed by atoms with Crippen LogP contribution in [0.4, 0.5) is 0 Å². The largest absolute Gasteiger partial charge is 0.490 e. The number of rotatable bonds is 9. The molecule has 1 heterocycles. The van der Waals surface area contributed by atoms with Gasteiger partial charge >= 0.3 is 0 Å². The molecule has 0 spiro atoms. The molecular weight excluding hydrogens is 390 g/mol. The standard InChI is InChI=1S/C24H31N5O2/c1-5-30-22-13-10-20(16-23(22)31-6-2)18(3)28-24(25-4)26-17-19-8-11-21(12-9-19)29-15-7-14-27-29/h7-16,18H,5-6,17H2,1-4H3,(H2,25,26,28). The smallest absolute Gasteiger partial charge is 0.191 e. The molecule has 7 heteroatoms. The van der Waals surface area contributed by atoms with E-state index in [0.29, 0.717) is 19.8 Å². The zero-order chi connectivity index (χ0) is 22.1. The van der Waals surface area contributed by atoms with Gasteiger partial charge in [-0.2, -0.15) is 5.10 Å². The van der Waals surface area contributed by atoms with Gasteiger partial charge in [-0.25, -0.2) is 4.68 Å². The van der Waals surface area contributed by atoms with E-state index in [-0.39, 0.29) is 6.04 Å². The van der Waals surface area contributed by atoms with Crippen molar-refractivity contribution in [2.75, 3.05) is 20.3 Å². The molecule has 1 aromatic heterocycles. The van der Waals surface area contributed by atoms with E-state index in [4.69, 9.17) is 9.47 Å². The summed E-state index contributed by atoms with van der Waals surface area (Å²) in [6.07, 6.45) is 3.70. The molecule has 0 aliphatic rings. The van der Waals surface area contributed by atoms with Crippen LogP contribution in [-0.2, 0) is 6.54 Å². The zero-order valence-electron chi connectivity index (χ0n) is 18.6. The van der Waals surface area contributed by atoms with Crippen LogP contribution in [-0.4, -0.2) is 36.0 Å². The van der Waals surface area contributed by atoms with Gasteiger partial charge < -0.3 is 20.1 Å². The van der Waals surface area contributed by atoms with Gasteiger partial charge in [0.1, 0.15) is 0 Å². The summed E-state index contributed by atoms with van der Waals surface area (Å²) in [5, 5.41) is 11.1. The molecule has 1 unspecified atom stereocenters. The fraction of sp³-hybridized carbons (Fsp3) is 0.333. The zero-order valence-corrected chi connectivity index (χ0v) is 18.6. The number of aliphatic imine (C=N–C) groups is 1. The molecule has 0 saturated heterocycles. The average Bonchev–Trinajstić information content (AvgIpc) is 3.33. The highest BCUT2D eigenvalue weighted by Crippen LogP contribution is 2.30. The predicted octanol–water partition coefficient (Wildman–Crippen LogP) is 4.10. The van der Waals surface area contributed by atoms with Gasteiger partial charge in [0.05, 0.1) is 24.9 Å². The minimum absolute atomic E-state index is 0.0447. The monoisotopic (exact) mass is 421 g/mol. The quantitative estimate of drug-likeness (QED) is 0.402. The van der Waals surface area contributed by atoms with Gasteiger partial charge in [0.15, 0.2) is 17.5 Å². The van der Waals surface area contributed by atoms with Crippen molar-refractivity contribution in [2.24, 2.45) is 4.99 Å². The second-order valence-corrected chi connectivity index (χ2v) is 6.98. The van der Waals surface area contributed by atoms with Crippen LogP contribution < -0.4 is 20.1 Å². The van der Waals surface area contributed by atoms with Crippen LogP contribution in [0.15, 0.2) is 65.9 Å². The normalized spacial score (nSPS) is 12.3. The average molecular weight is 422 g/mol. The third-order valence-electron chi connectivity index (χ3n) is 4.81. The lowest BCUT2D eigenvalue weighted by Gasteiger charge is -2.20. The minimum Gasteiger partial charge on any atom is -0.490 e. The van der Waals surface area contributed by atoms with Gasteiger partial charge in [0.25, 0.3) is 0 Å². The molecule has 2 aromatic carbocycles. The molecule has 3 rings (SSSR count). The van der Waals surface area contributed by atoms with Crippen molar-refractivity contribution < 1.29 is 9.47 Å². The highest BCUT2D eigenvalue weighted by molar-refractivity contribution is 5.80. The van der Waals surface area contributed by atoms with E-state index in [0.717, 1.165) is 34.3 Å². The van der Waals surface area contributed by atoms with Crippen molar-refractivity contribution >= 4 is 5.96 Å². The fourth-order valence-corrected chi connectivity index (χ4v) is 3.19. The molecule has 3 aromatic rings. The SMILES string of the molecule is CCOc1ccc(C(C)NC(=NC)NCc2ccc(-n3cccn3)cc2)cc1OCC. The molecule has 0 bridgehead atoms. The molecule has 31 heavy (non-hydrogen) atoms. The Balaban J connectivity index is 1.60. The van der Waals surface area contributed by atoms with E-state index in [2.05, 4.69) is 51.9 Å². The summed E-state index contributed by atoms with van der Waals surface area (Å²) < 4.78 is 13.2. The topological polar surface area (TPSA) is 72.7 Å². The van der Waals surface area contributed by atoms with Crippen LogP contribution in [0, 0.1) is 0 Å². The lowest BCUT2D eigenvalue weighted by Crippen LogP contribution is -2.38. The van der Waals surface area contributed by atoms with Crippen molar-refractivity contribution in [1.82, 2.24) is 20.4 Å². The Bertz CT molecular complexity index is 968. The highest BCUT2D eigenvalue weighted by atomic mass is 16.5. The summed E-state index contributed by atoms with van der Waals surface area (Å²) in [6, 6.07) is 16.3. The molecule has 164 valence electrons. The van der Waals surface area contributed by atoms with Crippen molar-refractivity contribution in [3.8, 4) is 17.2 Å². The third-order valence-corrected chi connectivity index (χ3v) is 4.81. The number of hydrogen-bond acceptors (Lipinski definition) is 4. The van der Waals surface area contributed by atoms with Crippen LogP contribution in [0.25, 0.3) is 5.69 Å². The van der Waals surface area contributed by atoms with Crippen LogP contribution in [0.1, 0.15) is 37.9 Å². The molecule has 2 N–H and O–H groups in total. The van der Waals surface area contributed by atoms with E-state index < -0.39 is 0 Å². The summed E-state index contributed by atoms with van der Waals surface area (Å²) >= 11 is 0. The predicted molar refractivity (Wildman–Crippen MR) is 124 cm³/mol. The van der Waals surface area contributed by atoms with Crippen LogP contribution in [0.3, 0.4) is 0 Å². The summed E-state index contributed by atoms with van der Waals surface area (Å²) in [5.41, 5.74) is 3.29. The third kappa shape index (κ3) is 6.01. The first-order chi connectivity index (χ1) is 15.1. The Morgan fingerprint density at radius 2 is 1.81 bits per heavy atom. The second-order valence-electron chi connectivity index (χ2n) is 6.98. The van der Waals surface area contributed by atoms with E-state index >= 15 is 0 Å². The number of guanidine groups is 1. The first-order valence-corrected chi connectivity index (χ1v) is 10.6. The van der Waals surface area contributed by atoms with Gasteiger partial charge in [-0.05, 0) is 62.2 Å². The molecule has 0 amide bonds. The number of ether oxygens (including phenoxy) is 2. The molecule has 7 nitrogen and oxygen atoms in total. The number of aromatic nitrogens is 2. The summed E-state index contributed by atoms with van der Waals surface area (Å²) in [7, 11) is 1.77. The Labute approximate surface area is 184 Å². The number of benzene rings is 2. The first kappa shape index (κ1) is 22.2. The van der Waals surface area contributed by atoms with E-state index in [1.165, 1.54) is 0 Å². The summed E-state index contributed by atoms with van der Waals surface area (Å²) in [4.78, 5) is 4.36. The van der Waals surface area contributed by atoms with Crippen LogP contribution in [0.2, 0.25) is 0 Å². The van der Waals surface area contributed by atoms with Gasteiger partial charge in [0.2, 0.25) is 0 Å². The van der Waals surface area contributed by atoms with Gasteiger partial charge in [-0.3, -0.25) is 4.99 Å². The summed E-state index contributed by atoms with van der Waals surface area (Å²) in [5.74, 6) is 2.26. The van der Waals surface area contributed by atoms with Crippen molar-refractivity contribution in [3.63, 3.8) is 0 Å². The van der Waals surface area contributed by atoms with Gasteiger partial charge in [0, 0.05) is 26.0 Å². The first-order valence-electron chi connectivity index (χ1n) is 10.6. The van der Waals surface area contributed by atoms with Gasteiger partial charge in [-0.1, -0.05) is 18.2 Å². The lowest BCUT2D eigenvalue weighted by molar-refractivity contribution is 0.287. The lowest BCUT2D eigenvalue weighted by atomic mass is 10.1. The molecule has 0 saturated carbocycles. The van der Waals surface area contributed by atoms with Crippen molar-refractivity contribution in [1.29, 1.82) is 0 Å². The minimum atomic E-state index is 0.0447. The maximum Gasteiger partial charge on any atom is 0.191 e. The maximum absolute atomic E-state index is 5.75. The highest BCUT2D eigenvalue weighted by Gasteiger charge is 2.12. The molecule has 0 aliphatic heterocycles. The van der Waals surface area contributed by atoms with E-state index in [9.17, 15) is 0 Å². The molecular formula is C24H31N5O2. The molecule has 0 aliphatic carbocycles. The molecule has 0 fully saturated rings. The number of nitrogens with one attached hydrogen (secondary N) is 2. The maximum atomic E-state index is 5.75. The van der Waals surface area contributed by atoms with E-state index in [1.807, 2.05) is 49.0 Å². The van der Waals surface area contributed by atoms with Crippen LogP contribution in [0.5, 0.6) is 11.5 Å². The van der Waals surface area contributed by atoms with E-state index in [1.54, 1.807) is 13.2 Å². The van der Waals surface area contributed by atoms with Crippen LogP contribution >= 0.6 is 0 Å². The van der Waals surface area contributed by atoms with Crippen molar-refractivity contribution in [3.05, 3.63) is 72.1 Å². The Morgan fingerprint density at radius 1 is 1.06 bits per heavy atom. The number of hydrogen-bond donors (Lipinski definition) is 2. The Hall–Kier alpha value is -3.48. The Morgan fingerprint density at radius 3 is 2.45 bits per heavy atom. The Kier molecular flexibility index (Phi) is 7.92. The van der Waals surface area contributed by atoms with Gasteiger partial charge in [-0.15, -0.1) is 0 Å². The summed E-state index contributed by atoms with van der Waals surface area (Å²) in [6.45, 7) is 7.89. The number of nitrogens with zero attached hydrogens (tertiary/aromatic N) is 3. The fourth-order valence-electron chi connectivity index (χ4n) is 3.19. The second kappa shape index (κ2) is 11.1. The molecule has 1 atom stereocenters.